The van der Waals surface area contributed by atoms with Crippen LogP contribution < -0.4 is 10.6 Å². The minimum absolute atomic E-state index is 0.271. The van der Waals surface area contributed by atoms with Gasteiger partial charge in [0.05, 0.1) is 0 Å². The van der Waals surface area contributed by atoms with E-state index in [-0.39, 0.29) is 5.92 Å². The average Bonchev–Trinajstić information content (AvgIpc) is 2.46. The van der Waals surface area contributed by atoms with Crippen LogP contribution in [0.3, 0.4) is 0 Å². The lowest BCUT2D eigenvalue weighted by atomic mass is 9.52. The molecule has 0 unspecified atom stereocenters. The van der Waals surface area contributed by atoms with Gasteiger partial charge in [-0.3, -0.25) is 4.79 Å². The van der Waals surface area contributed by atoms with Crippen molar-refractivity contribution in [2.24, 2.45) is 35.5 Å². The number of carbonyl (C=O) groups excluding carboxylic acids is 1. The molecule has 0 radical (unpaired) electrons. The lowest BCUT2D eigenvalue weighted by molar-refractivity contribution is -0.126. The quantitative estimate of drug-likeness (QED) is 0.829. The standard InChI is InChI=1S/C17H28N2O/c20-17(13-1-3-18-4-2-13)19-10-16-14-6-11-5-12(8-14)9-15(16)7-11/h11-16,18H,1-10H2,(H,19,20). The summed E-state index contributed by atoms with van der Waals surface area (Å²) in [6.07, 6.45) is 9.39. The van der Waals surface area contributed by atoms with Crippen LogP contribution in [0.1, 0.15) is 44.9 Å². The van der Waals surface area contributed by atoms with Gasteiger partial charge in [0, 0.05) is 12.5 Å². The lowest BCUT2D eigenvalue weighted by Crippen LogP contribution is -2.50. The van der Waals surface area contributed by atoms with E-state index in [1.54, 1.807) is 0 Å². The van der Waals surface area contributed by atoms with Crippen LogP contribution in [0.4, 0.5) is 0 Å². The van der Waals surface area contributed by atoms with Crippen LogP contribution >= 0.6 is 0 Å². The molecule has 0 spiro atoms. The molecule has 4 aliphatic carbocycles. The van der Waals surface area contributed by atoms with Gasteiger partial charge in [0.1, 0.15) is 0 Å². The van der Waals surface area contributed by atoms with Crippen LogP contribution in [0, 0.1) is 35.5 Å². The van der Waals surface area contributed by atoms with Gasteiger partial charge in [0.2, 0.25) is 5.91 Å². The first-order valence-electron chi connectivity index (χ1n) is 8.78. The van der Waals surface area contributed by atoms with Gasteiger partial charge in [-0.15, -0.1) is 0 Å². The maximum absolute atomic E-state index is 12.3. The highest BCUT2D eigenvalue weighted by Crippen LogP contribution is 2.56. The molecule has 0 aromatic carbocycles. The van der Waals surface area contributed by atoms with Crippen molar-refractivity contribution in [3.63, 3.8) is 0 Å². The Kier molecular flexibility index (Phi) is 3.49. The van der Waals surface area contributed by atoms with Gasteiger partial charge in [0.15, 0.2) is 0 Å². The van der Waals surface area contributed by atoms with Crippen LogP contribution in [0.2, 0.25) is 0 Å². The van der Waals surface area contributed by atoms with Gasteiger partial charge in [-0.05, 0) is 87.6 Å². The van der Waals surface area contributed by atoms with Crippen LogP contribution in [-0.4, -0.2) is 25.5 Å². The van der Waals surface area contributed by atoms with E-state index in [2.05, 4.69) is 10.6 Å². The highest BCUT2D eigenvalue weighted by atomic mass is 16.1. The molecule has 1 amide bonds. The third-order valence-corrected chi connectivity index (χ3v) is 6.64. The summed E-state index contributed by atoms with van der Waals surface area (Å²) in [6, 6.07) is 0. The van der Waals surface area contributed by atoms with E-state index in [1.807, 2.05) is 0 Å². The molecule has 3 heteroatoms. The van der Waals surface area contributed by atoms with Crippen molar-refractivity contribution >= 4 is 5.91 Å². The molecule has 5 aliphatic rings. The highest BCUT2D eigenvalue weighted by molar-refractivity contribution is 5.78. The fraction of sp³-hybridized carbons (Fsp3) is 0.941. The third kappa shape index (κ3) is 2.38. The van der Waals surface area contributed by atoms with E-state index in [0.717, 1.165) is 62.1 Å². The van der Waals surface area contributed by atoms with Crippen LogP contribution in [0.25, 0.3) is 0 Å². The molecule has 5 fully saturated rings. The Bertz CT molecular complexity index is 347. The Morgan fingerprint density at radius 3 is 2.15 bits per heavy atom. The average molecular weight is 276 g/mol. The van der Waals surface area contributed by atoms with Crippen molar-refractivity contribution in [2.45, 2.75) is 44.9 Å². The van der Waals surface area contributed by atoms with Crippen molar-refractivity contribution < 1.29 is 4.79 Å². The van der Waals surface area contributed by atoms with E-state index in [1.165, 1.54) is 32.1 Å². The Balaban J connectivity index is 1.32. The molecule has 3 nitrogen and oxygen atoms in total. The zero-order chi connectivity index (χ0) is 13.5. The van der Waals surface area contributed by atoms with Crippen LogP contribution in [0.5, 0.6) is 0 Å². The fourth-order valence-corrected chi connectivity index (χ4v) is 5.82. The summed E-state index contributed by atoms with van der Waals surface area (Å²) >= 11 is 0. The number of hydrogen-bond acceptors (Lipinski definition) is 2. The normalized spacial score (nSPS) is 43.7. The predicted octanol–water partition coefficient (Wildman–Crippen LogP) is 2.17. The summed E-state index contributed by atoms with van der Waals surface area (Å²) in [5, 5.41) is 6.65. The number of rotatable bonds is 3. The second-order valence-corrected chi connectivity index (χ2v) is 7.86. The molecule has 0 atom stereocenters. The minimum atomic E-state index is 0.271. The second-order valence-electron chi connectivity index (χ2n) is 7.86. The van der Waals surface area contributed by atoms with E-state index in [0.29, 0.717) is 5.91 Å². The van der Waals surface area contributed by atoms with Crippen molar-refractivity contribution in [1.82, 2.24) is 10.6 Å². The Morgan fingerprint density at radius 1 is 0.950 bits per heavy atom. The smallest absolute Gasteiger partial charge is 0.223 e. The molecule has 1 heterocycles. The Morgan fingerprint density at radius 2 is 1.55 bits per heavy atom. The largest absolute Gasteiger partial charge is 0.356 e. The Hall–Kier alpha value is -0.570. The van der Waals surface area contributed by atoms with E-state index in [9.17, 15) is 4.79 Å². The molecule has 112 valence electrons. The van der Waals surface area contributed by atoms with Gasteiger partial charge in [-0.1, -0.05) is 0 Å². The van der Waals surface area contributed by atoms with E-state index >= 15 is 0 Å². The molecule has 4 bridgehead atoms. The molecule has 5 rings (SSSR count). The zero-order valence-electron chi connectivity index (χ0n) is 12.4. The monoisotopic (exact) mass is 276 g/mol. The molecule has 2 N–H and O–H groups in total. The van der Waals surface area contributed by atoms with Crippen molar-refractivity contribution in [3.05, 3.63) is 0 Å². The lowest BCUT2D eigenvalue weighted by Gasteiger charge is -2.54. The summed E-state index contributed by atoms with van der Waals surface area (Å²) in [6.45, 7) is 2.99. The first-order valence-corrected chi connectivity index (χ1v) is 8.78. The summed E-state index contributed by atoms with van der Waals surface area (Å²) < 4.78 is 0. The molecule has 1 aliphatic heterocycles. The number of amides is 1. The first-order chi connectivity index (χ1) is 9.79. The van der Waals surface area contributed by atoms with Gasteiger partial charge in [-0.25, -0.2) is 0 Å². The zero-order valence-corrected chi connectivity index (χ0v) is 12.4. The number of carbonyl (C=O) groups is 1. The van der Waals surface area contributed by atoms with Crippen LogP contribution in [0.15, 0.2) is 0 Å². The topological polar surface area (TPSA) is 41.1 Å². The van der Waals surface area contributed by atoms with E-state index in [4.69, 9.17) is 0 Å². The molecule has 0 aromatic heterocycles. The number of piperidine rings is 1. The fourth-order valence-electron chi connectivity index (χ4n) is 5.82. The molecule has 4 saturated carbocycles. The summed E-state index contributed by atoms with van der Waals surface area (Å²) in [4.78, 5) is 12.3. The number of hydrogen-bond donors (Lipinski definition) is 2. The maximum atomic E-state index is 12.3. The summed E-state index contributed by atoms with van der Waals surface area (Å²) in [7, 11) is 0. The predicted molar refractivity (Wildman–Crippen MR) is 79.1 cm³/mol. The van der Waals surface area contributed by atoms with Crippen LogP contribution in [-0.2, 0) is 4.79 Å². The van der Waals surface area contributed by atoms with Gasteiger partial charge >= 0.3 is 0 Å². The molecular weight excluding hydrogens is 248 g/mol. The second kappa shape index (κ2) is 5.32. The molecular formula is C17H28N2O. The van der Waals surface area contributed by atoms with Crippen molar-refractivity contribution in [2.75, 3.05) is 19.6 Å². The summed E-state index contributed by atoms with van der Waals surface area (Å²) in [5.41, 5.74) is 0. The molecule has 1 saturated heterocycles. The minimum Gasteiger partial charge on any atom is -0.356 e. The SMILES string of the molecule is O=C(NCC1C2CC3CC(C2)CC1C3)C1CCNCC1. The Labute approximate surface area is 122 Å². The third-order valence-electron chi connectivity index (χ3n) is 6.64. The van der Waals surface area contributed by atoms with Gasteiger partial charge in [-0.2, -0.15) is 0 Å². The summed E-state index contributed by atoms with van der Waals surface area (Å²) in [5.74, 6) is 5.34. The van der Waals surface area contributed by atoms with Crippen molar-refractivity contribution in [3.8, 4) is 0 Å². The van der Waals surface area contributed by atoms with Gasteiger partial charge in [0.25, 0.3) is 0 Å². The van der Waals surface area contributed by atoms with Crippen molar-refractivity contribution in [1.29, 1.82) is 0 Å². The van der Waals surface area contributed by atoms with Gasteiger partial charge < -0.3 is 10.6 Å². The van der Waals surface area contributed by atoms with E-state index < -0.39 is 0 Å². The number of nitrogens with one attached hydrogen (secondary N) is 2. The molecule has 20 heavy (non-hydrogen) atoms. The maximum Gasteiger partial charge on any atom is 0.223 e. The highest BCUT2D eigenvalue weighted by Gasteiger charge is 2.47. The first kappa shape index (κ1) is 13.1. The molecule has 0 aromatic rings.